The number of nitrogens with one attached hydrogen (secondary N) is 1. The smallest absolute Gasteiger partial charge is 0.353 e. The molecule has 4 rings (SSSR count). The number of halogens is 1. The number of aliphatic carboxylic acids is 1. The average Bonchev–Trinajstić information content (AvgIpc) is 3.35. The highest BCUT2D eigenvalue weighted by Crippen LogP contribution is 2.42. The fraction of sp³-hybridized carbons (Fsp3) is 0.267. The molecule has 162 valence electrons. The zero-order valence-corrected chi connectivity index (χ0v) is 18.4. The van der Waals surface area contributed by atoms with Crippen LogP contribution in [0.15, 0.2) is 26.2 Å². The predicted octanol–water partition coefficient (Wildman–Crippen LogP) is 0.986. The molecule has 2 unspecified atom stereocenters. The second kappa shape index (κ2) is 8.41. The molecule has 0 spiro atoms. The van der Waals surface area contributed by atoms with Crippen molar-refractivity contribution >= 4 is 74.9 Å². The van der Waals surface area contributed by atoms with Crippen LogP contribution in [0.25, 0.3) is 0 Å². The van der Waals surface area contributed by atoms with Crippen molar-refractivity contribution in [2.24, 2.45) is 5.16 Å². The predicted molar refractivity (Wildman–Crippen MR) is 112 cm³/mol. The maximum absolute atomic E-state index is 12.7. The second-order valence-corrected chi connectivity index (χ2v) is 9.67. The van der Waals surface area contributed by atoms with Crippen LogP contribution in [0.5, 0.6) is 0 Å². The number of anilines is 1. The fourth-order valence-electron chi connectivity index (χ4n) is 3.33. The Morgan fingerprint density at radius 2 is 2.23 bits per heavy atom. The molecule has 2 amide bonds. The Morgan fingerprint density at radius 3 is 2.81 bits per heavy atom. The number of carboxylic acids is 1. The van der Waals surface area contributed by atoms with Crippen LogP contribution in [0.2, 0.25) is 4.34 Å². The molecule has 1 saturated heterocycles. The van der Waals surface area contributed by atoms with Gasteiger partial charge in [-0.1, -0.05) is 44.3 Å². The van der Waals surface area contributed by atoms with Crippen LogP contribution in [0, 0.1) is 0 Å². The highest BCUT2D eigenvalue weighted by molar-refractivity contribution is 8.03. The van der Waals surface area contributed by atoms with Gasteiger partial charge in [0.2, 0.25) is 0 Å². The van der Waals surface area contributed by atoms with Gasteiger partial charge in [-0.2, -0.15) is 0 Å². The number of aromatic nitrogens is 3. The van der Waals surface area contributed by atoms with Crippen molar-refractivity contribution in [1.29, 1.82) is 0 Å². The molecule has 31 heavy (non-hydrogen) atoms. The van der Waals surface area contributed by atoms with Crippen LogP contribution in [0.4, 0.5) is 5.13 Å². The first-order valence-electron chi connectivity index (χ1n) is 8.51. The van der Waals surface area contributed by atoms with E-state index >= 15 is 0 Å². The van der Waals surface area contributed by atoms with Crippen LogP contribution >= 0.6 is 46.2 Å². The van der Waals surface area contributed by atoms with Gasteiger partial charge in [-0.15, -0.1) is 5.10 Å². The molecule has 5 N–H and O–H groups in total. The topological polar surface area (TPSA) is 184 Å². The third-order valence-corrected chi connectivity index (χ3v) is 7.38. The van der Waals surface area contributed by atoms with E-state index in [2.05, 4.69) is 25.0 Å². The summed E-state index contributed by atoms with van der Waals surface area (Å²) in [4.78, 5) is 42.7. The maximum Gasteiger partial charge on any atom is 0.353 e. The molecule has 2 aromatic heterocycles. The first-order valence-corrected chi connectivity index (χ1v) is 11.4. The first kappa shape index (κ1) is 21.5. The lowest BCUT2D eigenvalue weighted by atomic mass is 9.86. The van der Waals surface area contributed by atoms with Crippen molar-refractivity contribution in [3.05, 3.63) is 26.0 Å². The molecular formula is C15H12ClN7O5S3. The largest absolute Gasteiger partial charge is 0.477 e. The number of carboxylic acid groups (broad SMARTS) is 1. The van der Waals surface area contributed by atoms with Crippen LogP contribution in [-0.2, 0) is 14.4 Å². The van der Waals surface area contributed by atoms with Gasteiger partial charge in [0.15, 0.2) is 10.8 Å². The molecule has 1 fully saturated rings. The minimum atomic E-state index is -1.25. The molecular weight excluding hydrogens is 490 g/mol. The summed E-state index contributed by atoms with van der Waals surface area (Å²) < 4.78 is 3.79. The van der Waals surface area contributed by atoms with Gasteiger partial charge in [0.25, 0.3) is 11.8 Å². The van der Waals surface area contributed by atoms with Crippen LogP contribution in [0.1, 0.15) is 18.5 Å². The summed E-state index contributed by atoms with van der Waals surface area (Å²) in [5.74, 6) is -2.73. The minimum Gasteiger partial charge on any atom is -0.477 e. The third kappa shape index (κ3) is 3.84. The number of thioether (sulfide) groups is 1. The number of nitrogens with zero attached hydrogens (tertiary/aromatic N) is 5. The number of carbonyl (C=O) groups excluding carboxylic acids is 2. The Balaban J connectivity index is 1.53. The molecule has 12 nitrogen and oxygen atoms in total. The maximum atomic E-state index is 12.7. The minimum absolute atomic E-state index is 0.0500. The SMILES string of the molecule is Nc1nc(/C(=N/O)C(=O)NC2C(=O)N3C(C(=O)O)=C(Sc4csnn4)CCC23)c(Cl)s1. The van der Waals surface area contributed by atoms with Crippen molar-refractivity contribution in [1.82, 2.24) is 24.8 Å². The van der Waals surface area contributed by atoms with Crippen LogP contribution in [0.3, 0.4) is 0 Å². The van der Waals surface area contributed by atoms with Gasteiger partial charge in [0.05, 0.1) is 6.04 Å². The number of β-lactam (4-membered cyclic amide) rings is 1. The number of hydrogen-bond acceptors (Lipinski definition) is 12. The Bertz CT molecular complexity index is 1130. The molecule has 2 aliphatic rings. The monoisotopic (exact) mass is 501 g/mol. The van der Waals surface area contributed by atoms with Gasteiger partial charge in [-0.05, 0) is 24.4 Å². The van der Waals surface area contributed by atoms with Crippen molar-refractivity contribution in [3.63, 3.8) is 0 Å². The van der Waals surface area contributed by atoms with E-state index in [1.807, 2.05) is 0 Å². The summed E-state index contributed by atoms with van der Waals surface area (Å²) >= 11 is 9.13. The number of nitrogen functional groups attached to an aromatic ring is 1. The fourth-order valence-corrected chi connectivity index (χ4v) is 5.79. The lowest BCUT2D eigenvalue weighted by Gasteiger charge is -2.50. The van der Waals surface area contributed by atoms with E-state index in [-0.39, 0.29) is 20.9 Å². The summed E-state index contributed by atoms with van der Waals surface area (Å²) in [7, 11) is 0. The number of thiazole rings is 1. The number of rotatable bonds is 6. The molecule has 0 radical (unpaired) electrons. The zero-order chi connectivity index (χ0) is 22.3. The summed E-state index contributed by atoms with van der Waals surface area (Å²) in [6, 6.07) is -1.54. The standard InChI is InChI=1S/C15H12ClN7O5S3/c16-11-8(19-15(17)31-11)9(21-28)12(24)18-7-4-1-2-5(30-6-3-29-22-20-6)10(14(26)27)23(4)13(7)25/h3-4,7,28H,1-2H2,(H2,17,19)(H,18,24)(H,26,27)/b21-9-. The van der Waals surface area contributed by atoms with E-state index in [1.54, 1.807) is 5.38 Å². The molecule has 0 aromatic carbocycles. The van der Waals surface area contributed by atoms with Crippen molar-refractivity contribution in [2.45, 2.75) is 30.0 Å². The summed E-state index contributed by atoms with van der Waals surface area (Å²) in [6.07, 6.45) is 0.795. The van der Waals surface area contributed by atoms with Gasteiger partial charge in [0.1, 0.15) is 26.8 Å². The molecule has 2 atom stereocenters. The van der Waals surface area contributed by atoms with Crippen molar-refractivity contribution < 1.29 is 24.7 Å². The first-order chi connectivity index (χ1) is 14.8. The van der Waals surface area contributed by atoms with E-state index in [0.29, 0.717) is 22.8 Å². The average molecular weight is 502 g/mol. The summed E-state index contributed by atoms with van der Waals surface area (Å²) in [6.45, 7) is 0. The molecule has 2 aromatic rings. The van der Waals surface area contributed by atoms with Gasteiger partial charge in [0, 0.05) is 10.3 Å². The highest BCUT2D eigenvalue weighted by Gasteiger charge is 2.54. The highest BCUT2D eigenvalue weighted by atomic mass is 35.5. The molecule has 0 aliphatic carbocycles. The van der Waals surface area contributed by atoms with E-state index in [4.69, 9.17) is 17.3 Å². The quantitative estimate of drug-likeness (QED) is 0.192. The molecule has 4 heterocycles. The van der Waals surface area contributed by atoms with Gasteiger partial charge < -0.3 is 21.4 Å². The molecule has 0 bridgehead atoms. The van der Waals surface area contributed by atoms with Crippen molar-refractivity contribution in [2.75, 3.05) is 5.73 Å². The van der Waals surface area contributed by atoms with Gasteiger partial charge >= 0.3 is 5.97 Å². The normalized spacial score (nSPS) is 21.0. The lowest BCUT2D eigenvalue weighted by molar-refractivity contribution is -0.155. The Kier molecular flexibility index (Phi) is 5.83. The Morgan fingerprint density at radius 1 is 1.45 bits per heavy atom. The summed E-state index contributed by atoms with van der Waals surface area (Å²) in [5.41, 5.74) is 4.79. The number of amides is 2. The number of oxime groups is 1. The summed E-state index contributed by atoms with van der Waals surface area (Å²) in [5, 5.41) is 30.5. The van der Waals surface area contributed by atoms with E-state index in [0.717, 1.165) is 39.5 Å². The number of nitrogens with two attached hydrogens (primary N) is 1. The van der Waals surface area contributed by atoms with Crippen LogP contribution in [-0.4, -0.2) is 65.4 Å². The Hall–Kier alpha value is -2.75. The van der Waals surface area contributed by atoms with Gasteiger partial charge in [-0.25, -0.2) is 9.78 Å². The zero-order valence-electron chi connectivity index (χ0n) is 15.2. The van der Waals surface area contributed by atoms with E-state index in [1.165, 1.54) is 0 Å². The lowest BCUT2D eigenvalue weighted by Crippen LogP contribution is -2.72. The van der Waals surface area contributed by atoms with E-state index < -0.39 is 35.6 Å². The molecule has 2 aliphatic heterocycles. The number of hydrogen-bond donors (Lipinski definition) is 4. The van der Waals surface area contributed by atoms with Crippen molar-refractivity contribution in [3.8, 4) is 0 Å². The van der Waals surface area contributed by atoms with Gasteiger partial charge in [-0.3, -0.25) is 14.5 Å². The van der Waals surface area contributed by atoms with Crippen LogP contribution < -0.4 is 11.1 Å². The molecule has 16 heteroatoms. The van der Waals surface area contributed by atoms with E-state index in [9.17, 15) is 24.7 Å². The number of carbonyl (C=O) groups is 3. The number of fused-ring (bicyclic) bond motifs is 1. The second-order valence-electron chi connectivity index (χ2n) is 6.31. The Labute approximate surface area is 190 Å². The molecule has 0 saturated carbocycles. The number of allylic oxidation sites excluding steroid dienone is 1. The third-order valence-electron chi connectivity index (χ3n) is 4.59.